The molecule has 0 saturated heterocycles. The summed E-state index contributed by atoms with van der Waals surface area (Å²) in [6, 6.07) is 11.5. The molecule has 0 aliphatic rings. The van der Waals surface area contributed by atoms with Crippen molar-refractivity contribution in [3.05, 3.63) is 102 Å². The fourth-order valence-electron chi connectivity index (χ4n) is 3.65. The fraction of sp³-hybridized carbons (Fsp3) is 0.324. The van der Waals surface area contributed by atoms with Gasteiger partial charge in [-0.15, -0.1) is 0 Å². The molecule has 0 heterocycles. The molecule has 202 valence electrons. The van der Waals surface area contributed by atoms with Gasteiger partial charge in [-0.2, -0.15) is 0 Å². The minimum atomic E-state index is -0.319. The van der Waals surface area contributed by atoms with Gasteiger partial charge < -0.3 is 14.9 Å². The van der Waals surface area contributed by atoms with Gasteiger partial charge in [0.05, 0.1) is 0 Å². The van der Waals surface area contributed by atoms with Crippen molar-refractivity contribution in [3.63, 3.8) is 0 Å². The number of carbonyl (C=O) groups excluding carboxylic acids is 1. The number of ether oxygens (including phenoxy) is 1. The maximum atomic E-state index is 12.2. The average Bonchev–Trinajstić information content (AvgIpc) is 2.90. The number of esters is 1. The highest BCUT2D eigenvalue weighted by Gasteiger charge is 2.06. The van der Waals surface area contributed by atoms with Crippen molar-refractivity contribution in [2.75, 3.05) is 0 Å². The number of hydrogen-bond donors (Lipinski definition) is 2. The van der Waals surface area contributed by atoms with E-state index in [9.17, 15) is 15.0 Å². The van der Waals surface area contributed by atoms with Crippen LogP contribution in [0.5, 0.6) is 17.2 Å². The first-order valence-corrected chi connectivity index (χ1v) is 13.7. The number of allylic oxidation sites excluding steroid dienone is 8. The van der Waals surface area contributed by atoms with Crippen LogP contribution in [0.2, 0.25) is 0 Å². The second-order valence-corrected chi connectivity index (χ2v) is 9.14. The molecule has 2 aromatic rings. The van der Waals surface area contributed by atoms with E-state index in [1.165, 1.54) is 31.7 Å². The summed E-state index contributed by atoms with van der Waals surface area (Å²) in [5.74, 6) is 0.233. The normalized spacial score (nSPS) is 12.1. The molecule has 0 unspecified atom stereocenters. The third-order valence-corrected chi connectivity index (χ3v) is 5.72. The van der Waals surface area contributed by atoms with Crippen molar-refractivity contribution in [3.8, 4) is 17.2 Å². The number of rotatable bonds is 17. The van der Waals surface area contributed by atoms with Gasteiger partial charge in [0.25, 0.3) is 0 Å². The molecule has 2 aromatic carbocycles. The first-order valence-electron chi connectivity index (χ1n) is 13.7. The van der Waals surface area contributed by atoms with Crippen LogP contribution in [-0.2, 0) is 4.79 Å². The van der Waals surface area contributed by atoms with Gasteiger partial charge in [-0.1, -0.05) is 92.7 Å². The highest BCUT2D eigenvalue weighted by molar-refractivity contribution is 5.74. The Balaban J connectivity index is 1.60. The molecule has 0 fully saturated rings. The molecule has 0 bridgehead atoms. The van der Waals surface area contributed by atoms with E-state index in [-0.39, 0.29) is 17.5 Å². The molecule has 4 heteroatoms. The van der Waals surface area contributed by atoms with Crippen LogP contribution in [0.3, 0.4) is 0 Å². The Morgan fingerprint density at radius 2 is 1.26 bits per heavy atom. The molecular weight excluding hydrogens is 472 g/mol. The molecule has 4 nitrogen and oxygen atoms in total. The topological polar surface area (TPSA) is 66.8 Å². The van der Waals surface area contributed by atoms with Gasteiger partial charge in [-0.25, -0.2) is 0 Å². The Hall–Kier alpha value is -3.79. The molecule has 2 N–H and O–H groups in total. The zero-order chi connectivity index (χ0) is 27.3. The van der Waals surface area contributed by atoms with Crippen LogP contribution >= 0.6 is 0 Å². The quantitative estimate of drug-likeness (QED) is 0.0725. The minimum absolute atomic E-state index is 0.0294. The summed E-state index contributed by atoms with van der Waals surface area (Å²) in [4.78, 5) is 12.2. The highest BCUT2D eigenvalue weighted by Crippen LogP contribution is 2.24. The lowest BCUT2D eigenvalue weighted by molar-refractivity contribution is -0.134. The summed E-state index contributed by atoms with van der Waals surface area (Å²) in [5.41, 5.74) is 1.61. The second kappa shape index (κ2) is 19.3. The van der Waals surface area contributed by atoms with E-state index in [4.69, 9.17) is 4.74 Å². The number of benzene rings is 2. The summed E-state index contributed by atoms with van der Waals surface area (Å²) in [5, 5.41) is 19.4. The van der Waals surface area contributed by atoms with Crippen molar-refractivity contribution < 1.29 is 19.7 Å². The third-order valence-electron chi connectivity index (χ3n) is 5.72. The van der Waals surface area contributed by atoms with Gasteiger partial charge in [-0.05, 0) is 80.3 Å². The summed E-state index contributed by atoms with van der Waals surface area (Å²) in [7, 11) is 0. The Morgan fingerprint density at radius 3 is 1.89 bits per heavy atom. The SMILES string of the molecule is CCCCCC=CCC=CCC=CCC=CCCCC(=O)Oc1cc(O)cc(C=Cc2ccc(O)cc2)c1. The Kier molecular flexibility index (Phi) is 15.5. The third kappa shape index (κ3) is 14.7. The summed E-state index contributed by atoms with van der Waals surface area (Å²) in [6.45, 7) is 2.23. The number of aromatic hydroxyl groups is 2. The first-order chi connectivity index (χ1) is 18.6. The summed E-state index contributed by atoms with van der Waals surface area (Å²) >= 11 is 0. The van der Waals surface area contributed by atoms with Gasteiger partial charge in [0.2, 0.25) is 0 Å². The fourth-order valence-corrected chi connectivity index (χ4v) is 3.65. The largest absolute Gasteiger partial charge is 0.508 e. The van der Waals surface area contributed by atoms with E-state index in [0.717, 1.165) is 31.2 Å². The van der Waals surface area contributed by atoms with Crippen LogP contribution in [0.4, 0.5) is 0 Å². The van der Waals surface area contributed by atoms with E-state index in [2.05, 4.69) is 55.5 Å². The number of phenolic OH excluding ortho intramolecular Hbond substituents is 2. The lowest BCUT2D eigenvalue weighted by Crippen LogP contribution is -2.07. The summed E-state index contributed by atoms with van der Waals surface area (Å²) in [6.07, 6.45) is 30.9. The van der Waals surface area contributed by atoms with Gasteiger partial charge >= 0.3 is 5.97 Å². The molecule has 0 amide bonds. The molecule has 0 radical (unpaired) electrons. The highest BCUT2D eigenvalue weighted by atomic mass is 16.5. The van der Waals surface area contributed by atoms with E-state index < -0.39 is 0 Å². The Morgan fingerprint density at radius 1 is 0.684 bits per heavy atom. The van der Waals surface area contributed by atoms with Crippen LogP contribution in [0.25, 0.3) is 12.2 Å². The van der Waals surface area contributed by atoms with E-state index in [1.54, 1.807) is 36.4 Å². The molecule has 0 saturated carbocycles. The van der Waals surface area contributed by atoms with Crippen LogP contribution in [-0.4, -0.2) is 16.2 Å². The zero-order valence-corrected chi connectivity index (χ0v) is 22.6. The van der Waals surface area contributed by atoms with Gasteiger partial charge in [0, 0.05) is 12.5 Å². The Bertz CT molecular complexity index is 1090. The van der Waals surface area contributed by atoms with Gasteiger partial charge in [-0.3, -0.25) is 4.79 Å². The average molecular weight is 515 g/mol. The molecule has 0 spiro atoms. The monoisotopic (exact) mass is 514 g/mol. The van der Waals surface area contributed by atoms with Crippen LogP contribution in [0.15, 0.2) is 91.1 Å². The van der Waals surface area contributed by atoms with Crippen molar-refractivity contribution in [1.29, 1.82) is 0 Å². The van der Waals surface area contributed by atoms with Crippen molar-refractivity contribution in [2.24, 2.45) is 0 Å². The van der Waals surface area contributed by atoms with Crippen molar-refractivity contribution in [2.45, 2.75) is 71.1 Å². The molecule has 2 rings (SSSR count). The number of hydrogen-bond acceptors (Lipinski definition) is 4. The Labute approximate surface area is 228 Å². The number of carbonyl (C=O) groups is 1. The molecule has 0 atom stereocenters. The zero-order valence-electron chi connectivity index (χ0n) is 22.6. The summed E-state index contributed by atoms with van der Waals surface area (Å²) < 4.78 is 5.42. The van der Waals surface area contributed by atoms with Gasteiger partial charge in [0.1, 0.15) is 17.2 Å². The smallest absolute Gasteiger partial charge is 0.311 e. The van der Waals surface area contributed by atoms with Crippen LogP contribution < -0.4 is 4.74 Å². The number of phenols is 2. The molecule has 38 heavy (non-hydrogen) atoms. The maximum absolute atomic E-state index is 12.2. The lowest BCUT2D eigenvalue weighted by Gasteiger charge is -2.06. The van der Waals surface area contributed by atoms with E-state index >= 15 is 0 Å². The first kappa shape index (κ1) is 30.4. The maximum Gasteiger partial charge on any atom is 0.311 e. The van der Waals surface area contributed by atoms with Gasteiger partial charge in [0.15, 0.2) is 0 Å². The standard InChI is InChI=1S/C34H42O4/c1-2-3-4-5-6-7-8-9-10-11-12-13-14-15-16-17-18-19-34(37)38-33-27-30(26-32(36)28-33)21-20-29-22-24-31(35)25-23-29/h6-7,9-10,12-13,15-16,20-28,35-36H,2-5,8,11,14,17-19H2,1H3. The second-order valence-electron chi connectivity index (χ2n) is 9.14. The number of unbranched alkanes of at least 4 members (excludes halogenated alkanes) is 4. The molecule has 0 aliphatic heterocycles. The van der Waals surface area contributed by atoms with E-state index in [1.807, 2.05) is 12.2 Å². The lowest BCUT2D eigenvalue weighted by atomic mass is 10.1. The van der Waals surface area contributed by atoms with Crippen LogP contribution in [0.1, 0.15) is 82.3 Å². The van der Waals surface area contributed by atoms with E-state index in [0.29, 0.717) is 24.2 Å². The van der Waals surface area contributed by atoms with Crippen molar-refractivity contribution in [1.82, 2.24) is 0 Å². The minimum Gasteiger partial charge on any atom is -0.508 e. The van der Waals surface area contributed by atoms with Crippen LogP contribution in [0, 0.1) is 0 Å². The van der Waals surface area contributed by atoms with Crippen molar-refractivity contribution >= 4 is 18.1 Å². The molecule has 0 aliphatic carbocycles. The molecule has 0 aromatic heterocycles. The predicted molar refractivity (Wildman–Crippen MR) is 159 cm³/mol. The predicted octanol–water partition coefficient (Wildman–Crippen LogP) is 9.32. The molecular formula is C34H42O4.